The van der Waals surface area contributed by atoms with Crippen LogP contribution in [0.2, 0.25) is 0 Å². The fourth-order valence-electron chi connectivity index (χ4n) is 2.12. The lowest BCUT2D eigenvalue weighted by Gasteiger charge is -2.10. The molecule has 0 radical (unpaired) electrons. The molecule has 1 aromatic carbocycles. The summed E-state index contributed by atoms with van der Waals surface area (Å²) in [5.74, 6) is 1.85. The third-order valence-corrected chi connectivity index (χ3v) is 3.29. The Morgan fingerprint density at radius 3 is 2.76 bits per heavy atom. The molecule has 21 heavy (non-hydrogen) atoms. The van der Waals surface area contributed by atoms with Gasteiger partial charge in [0.1, 0.15) is 12.4 Å². The van der Waals surface area contributed by atoms with E-state index in [0.29, 0.717) is 35.5 Å². The van der Waals surface area contributed by atoms with E-state index in [1.165, 1.54) is 0 Å². The Kier molecular flexibility index (Phi) is 3.70. The Morgan fingerprint density at radius 1 is 1.33 bits per heavy atom. The number of ether oxygens (including phenoxy) is 3. The van der Waals surface area contributed by atoms with Crippen LogP contribution in [0.5, 0.6) is 17.2 Å². The Labute approximate surface area is 122 Å². The van der Waals surface area contributed by atoms with Crippen LogP contribution in [0.4, 0.5) is 0 Å². The van der Waals surface area contributed by atoms with E-state index < -0.39 is 0 Å². The number of rotatable bonds is 5. The Hall–Kier alpha value is -2.21. The van der Waals surface area contributed by atoms with Crippen LogP contribution in [-0.2, 0) is 13.2 Å². The second-order valence-corrected chi connectivity index (χ2v) is 5.14. The summed E-state index contributed by atoms with van der Waals surface area (Å²) in [4.78, 5) is 0. The summed E-state index contributed by atoms with van der Waals surface area (Å²) < 4.78 is 18.2. The molecule has 1 aromatic heterocycles. The lowest BCUT2D eigenvalue weighted by molar-refractivity contribution is 0.173. The van der Waals surface area contributed by atoms with Gasteiger partial charge in [0.2, 0.25) is 6.79 Å². The molecule has 0 amide bonds. The molecular weight excluding hydrogens is 272 g/mol. The first-order valence-electron chi connectivity index (χ1n) is 6.87. The highest BCUT2D eigenvalue weighted by atomic mass is 16.7. The Bertz CT molecular complexity index is 637. The van der Waals surface area contributed by atoms with E-state index in [-0.39, 0.29) is 13.4 Å². The van der Waals surface area contributed by atoms with Crippen LogP contribution < -0.4 is 14.2 Å². The molecule has 2 heterocycles. The van der Waals surface area contributed by atoms with Crippen LogP contribution in [0.25, 0.3) is 0 Å². The summed E-state index contributed by atoms with van der Waals surface area (Å²) in [5.41, 5.74) is 1.51. The number of aromatic nitrogens is 2. The van der Waals surface area contributed by atoms with Gasteiger partial charge < -0.3 is 19.3 Å². The van der Waals surface area contributed by atoms with Crippen molar-refractivity contribution in [3.05, 3.63) is 35.7 Å². The van der Waals surface area contributed by atoms with Gasteiger partial charge in [0.15, 0.2) is 11.5 Å². The zero-order valence-electron chi connectivity index (χ0n) is 12.1. The summed E-state index contributed by atoms with van der Waals surface area (Å²) in [6, 6.07) is 5.72. The molecule has 0 bridgehead atoms. The van der Waals surface area contributed by atoms with Crippen molar-refractivity contribution in [3.8, 4) is 17.2 Å². The van der Waals surface area contributed by atoms with Crippen molar-refractivity contribution in [2.24, 2.45) is 0 Å². The van der Waals surface area contributed by atoms with Crippen molar-refractivity contribution in [2.75, 3.05) is 6.79 Å². The van der Waals surface area contributed by atoms with Crippen LogP contribution >= 0.6 is 0 Å². The molecule has 0 unspecified atom stereocenters. The first-order chi connectivity index (χ1) is 10.2. The molecule has 0 atom stereocenters. The van der Waals surface area contributed by atoms with E-state index >= 15 is 0 Å². The maximum atomic E-state index is 9.43. The highest BCUT2D eigenvalue weighted by Crippen LogP contribution is 2.38. The van der Waals surface area contributed by atoms with Gasteiger partial charge in [-0.3, -0.25) is 4.68 Å². The van der Waals surface area contributed by atoms with Gasteiger partial charge in [-0.15, -0.1) is 0 Å². The molecule has 0 saturated heterocycles. The quantitative estimate of drug-likeness (QED) is 0.915. The minimum absolute atomic E-state index is 0.119. The molecule has 6 heteroatoms. The van der Waals surface area contributed by atoms with Crippen molar-refractivity contribution in [2.45, 2.75) is 33.1 Å². The van der Waals surface area contributed by atoms with Gasteiger partial charge in [0, 0.05) is 23.9 Å². The molecule has 6 nitrogen and oxygen atoms in total. The summed E-state index contributed by atoms with van der Waals surface area (Å²) in [7, 11) is 0. The van der Waals surface area contributed by atoms with Crippen LogP contribution in [0, 0.1) is 0 Å². The summed E-state index contributed by atoms with van der Waals surface area (Å²) >= 11 is 0. The zero-order chi connectivity index (χ0) is 14.8. The van der Waals surface area contributed by atoms with Gasteiger partial charge in [-0.05, 0) is 26.0 Å². The maximum Gasteiger partial charge on any atom is 0.231 e. The SMILES string of the molecule is CC(C)n1ccc(COc2cc3c(cc2CO)OCO3)n1. The molecule has 3 rings (SSSR count). The summed E-state index contributed by atoms with van der Waals surface area (Å²) in [6.07, 6.45) is 1.93. The van der Waals surface area contributed by atoms with Gasteiger partial charge in [0.05, 0.1) is 12.3 Å². The number of aliphatic hydroxyl groups excluding tert-OH is 1. The lowest BCUT2D eigenvalue weighted by Crippen LogP contribution is -2.04. The topological polar surface area (TPSA) is 65.7 Å². The van der Waals surface area contributed by atoms with Gasteiger partial charge in [-0.2, -0.15) is 5.10 Å². The Balaban J connectivity index is 1.75. The van der Waals surface area contributed by atoms with Gasteiger partial charge in [-0.25, -0.2) is 0 Å². The van der Waals surface area contributed by atoms with Gasteiger partial charge >= 0.3 is 0 Å². The number of fused-ring (bicyclic) bond motifs is 1. The summed E-state index contributed by atoms with van der Waals surface area (Å²) in [5, 5.41) is 13.9. The van der Waals surface area contributed by atoms with Gasteiger partial charge in [-0.1, -0.05) is 0 Å². The largest absolute Gasteiger partial charge is 0.487 e. The van der Waals surface area contributed by atoms with E-state index in [1.807, 2.05) is 16.9 Å². The van der Waals surface area contributed by atoms with Crippen molar-refractivity contribution < 1.29 is 19.3 Å². The zero-order valence-corrected chi connectivity index (χ0v) is 12.1. The van der Waals surface area contributed by atoms with E-state index in [4.69, 9.17) is 14.2 Å². The minimum atomic E-state index is -0.119. The second kappa shape index (κ2) is 5.65. The first kappa shape index (κ1) is 13.8. The van der Waals surface area contributed by atoms with E-state index in [0.717, 1.165) is 5.69 Å². The number of hydrogen-bond donors (Lipinski definition) is 1. The van der Waals surface area contributed by atoms with E-state index in [2.05, 4.69) is 18.9 Å². The average molecular weight is 290 g/mol. The summed E-state index contributed by atoms with van der Waals surface area (Å²) in [6.45, 7) is 4.56. The van der Waals surface area contributed by atoms with Crippen molar-refractivity contribution >= 4 is 0 Å². The first-order valence-corrected chi connectivity index (χ1v) is 6.87. The molecule has 2 aromatic rings. The standard InChI is InChI=1S/C15H18N2O4/c1-10(2)17-4-3-12(16-17)8-19-13-6-15-14(20-9-21-15)5-11(13)7-18/h3-6,10,18H,7-9H2,1-2H3. The predicted octanol–water partition coefficient (Wildman–Crippen LogP) is 2.26. The number of hydrogen-bond acceptors (Lipinski definition) is 5. The van der Waals surface area contributed by atoms with Crippen LogP contribution in [0.1, 0.15) is 31.1 Å². The van der Waals surface area contributed by atoms with Crippen LogP contribution in [0.3, 0.4) is 0 Å². The molecular formula is C15H18N2O4. The van der Waals surface area contributed by atoms with Crippen molar-refractivity contribution in [1.82, 2.24) is 9.78 Å². The minimum Gasteiger partial charge on any atom is -0.487 e. The fraction of sp³-hybridized carbons (Fsp3) is 0.400. The molecule has 0 spiro atoms. The van der Waals surface area contributed by atoms with Crippen LogP contribution in [0.15, 0.2) is 24.4 Å². The smallest absolute Gasteiger partial charge is 0.231 e. The second-order valence-electron chi connectivity index (χ2n) is 5.14. The third kappa shape index (κ3) is 2.80. The molecule has 112 valence electrons. The molecule has 0 saturated carbocycles. The van der Waals surface area contributed by atoms with Crippen molar-refractivity contribution in [1.29, 1.82) is 0 Å². The lowest BCUT2D eigenvalue weighted by atomic mass is 10.2. The van der Waals surface area contributed by atoms with Crippen LogP contribution in [-0.4, -0.2) is 21.7 Å². The normalized spacial score (nSPS) is 13.0. The van der Waals surface area contributed by atoms with E-state index in [9.17, 15) is 5.11 Å². The molecule has 0 fully saturated rings. The van der Waals surface area contributed by atoms with Gasteiger partial charge in [0.25, 0.3) is 0 Å². The molecule has 1 aliphatic rings. The molecule has 1 N–H and O–H groups in total. The maximum absolute atomic E-state index is 9.43. The fourth-order valence-corrected chi connectivity index (χ4v) is 2.12. The van der Waals surface area contributed by atoms with Crippen molar-refractivity contribution in [3.63, 3.8) is 0 Å². The molecule has 1 aliphatic heterocycles. The number of aliphatic hydroxyl groups is 1. The Morgan fingerprint density at radius 2 is 2.10 bits per heavy atom. The highest BCUT2D eigenvalue weighted by molar-refractivity contribution is 5.51. The predicted molar refractivity (Wildman–Crippen MR) is 75.4 cm³/mol. The molecule has 0 aliphatic carbocycles. The number of nitrogens with zero attached hydrogens (tertiary/aromatic N) is 2. The highest BCUT2D eigenvalue weighted by Gasteiger charge is 2.18. The van der Waals surface area contributed by atoms with E-state index in [1.54, 1.807) is 12.1 Å². The monoisotopic (exact) mass is 290 g/mol. The average Bonchev–Trinajstić information content (AvgIpc) is 3.12. The number of benzene rings is 1. The third-order valence-electron chi connectivity index (χ3n) is 3.29.